The number of ether oxygens (including phenoxy) is 1. The second-order valence-electron chi connectivity index (χ2n) is 3.04. The third kappa shape index (κ3) is 3.54. The summed E-state index contributed by atoms with van der Waals surface area (Å²) in [7, 11) is 0. The zero-order valence-corrected chi connectivity index (χ0v) is 10.2. The largest absolute Gasteiger partial charge is 0.480 e. The van der Waals surface area contributed by atoms with Gasteiger partial charge in [0.25, 0.3) is 5.91 Å². The normalized spacial score (nSPS) is 11.6. The van der Waals surface area contributed by atoms with Crippen LogP contribution in [-0.4, -0.2) is 18.0 Å². The van der Waals surface area contributed by atoms with Crippen molar-refractivity contribution in [1.29, 1.82) is 0 Å². The fourth-order valence-corrected chi connectivity index (χ4v) is 1.39. The van der Waals surface area contributed by atoms with Gasteiger partial charge in [0.15, 0.2) is 6.10 Å². The number of primary amides is 1. The van der Waals surface area contributed by atoms with E-state index < -0.39 is 18.0 Å². The first-order chi connectivity index (χ1) is 7.50. The molecule has 3 N–H and O–H groups in total. The number of nitrogens with one attached hydrogen (secondary N) is 1. The van der Waals surface area contributed by atoms with Gasteiger partial charge in [-0.15, -0.1) is 0 Å². The SMILES string of the molecule is CC(Oc1ccccc1Br)C(=O)NC(N)=O. The molecule has 1 aromatic rings. The van der Waals surface area contributed by atoms with E-state index in [1.807, 2.05) is 11.4 Å². The van der Waals surface area contributed by atoms with E-state index in [2.05, 4.69) is 15.9 Å². The van der Waals surface area contributed by atoms with Crippen LogP contribution in [-0.2, 0) is 4.79 Å². The molecule has 1 unspecified atom stereocenters. The Bertz CT molecular complexity index is 409. The van der Waals surface area contributed by atoms with Crippen molar-refractivity contribution in [2.45, 2.75) is 13.0 Å². The van der Waals surface area contributed by atoms with Crippen molar-refractivity contribution in [1.82, 2.24) is 5.32 Å². The minimum absolute atomic E-state index is 0.523. The molecule has 0 aliphatic carbocycles. The Labute approximate surface area is 101 Å². The van der Waals surface area contributed by atoms with Crippen LogP contribution < -0.4 is 15.8 Å². The van der Waals surface area contributed by atoms with Gasteiger partial charge in [0, 0.05) is 0 Å². The number of nitrogens with two attached hydrogens (primary N) is 1. The van der Waals surface area contributed by atoms with Crippen LogP contribution in [0.1, 0.15) is 6.92 Å². The minimum Gasteiger partial charge on any atom is -0.480 e. The molecule has 0 bridgehead atoms. The molecule has 5 nitrogen and oxygen atoms in total. The standard InChI is InChI=1S/C10H11BrN2O3/c1-6(9(14)13-10(12)15)16-8-5-3-2-4-7(8)11/h2-6H,1H3,(H3,12,13,14,15). The average Bonchev–Trinajstić information content (AvgIpc) is 2.20. The molecule has 86 valence electrons. The van der Waals surface area contributed by atoms with E-state index in [0.717, 1.165) is 4.47 Å². The molecule has 16 heavy (non-hydrogen) atoms. The summed E-state index contributed by atoms with van der Waals surface area (Å²) in [5.74, 6) is -0.0575. The van der Waals surface area contributed by atoms with Gasteiger partial charge in [-0.3, -0.25) is 10.1 Å². The lowest BCUT2D eigenvalue weighted by molar-refractivity contribution is -0.126. The van der Waals surface area contributed by atoms with Crippen molar-refractivity contribution >= 4 is 27.9 Å². The van der Waals surface area contributed by atoms with Crippen LogP contribution in [0.2, 0.25) is 0 Å². The number of para-hydroxylation sites is 1. The summed E-state index contributed by atoms with van der Waals surface area (Å²) in [6.07, 6.45) is -0.800. The zero-order chi connectivity index (χ0) is 12.1. The van der Waals surface area contributed by atoms with Crippen LogP contribution in [0.15, 0.2) is 28.7 Å². The van der Waals surface area contributed by atoms with Crippen molar-refractivity contribution in [3.05, 3.63) is 28.7 Å². The molecule has 0 heterocycles. The Morgan fingerprint density at radius 2 is 2.06 bits per heavy atom. The molecule has 0 fully saturated rings. The van der Waals surface area contributed by atoms with Crippen LogP contribution in [0.5, 0.6) is 5.75 Å². The second kappa shape index (κ2) is 5.50. The quantitative estimate of drug-likeness (QED) is 0.882. The average molecular weight is 287 g/mol. The minimum atomic E-state index is -0.896. The van der Waals surface area contributed by atoms with E-state index in [0.29, 0.717) is 5.75 Å². The number of rotatable bonds is 3. The summed E-state index contributed by atoms with van der Waals surface area (Å²) < 4.78 is 6.07. The van der Waals surface area contributed by atoms with Gasteiger partial charge in [-0.1, -0.05) is 12.1 Å². The molecule has 1 atom stereocenters. The Hall–Kier alpha value is -1.56. The van der Waals surface area contributed by atoms with Gasteiger partial charge in [0.2, 0.25) is 0 Å². The van der Waals surface area contributed by atoms with Crippen LogP contribution in [0.3, 0.4) is 0 Å². The monoisotopic (exact) mass is 286 g/mol. The lowest BCUT2D eigenvalue weighted by Gasteiger charge is -2.14. The number of hydrogen-bond donors (Lipinski definition) is 2. The van der Waals surface area contributed by atoms with Crippen molar-refractivity contribution in [2.75, 3.05) is 0 Å². The molecule has 0 aliphatic rings. The molecule has 0 aliphatic heterocycles. The van der Waals surface area contributed by atoms with Crippen LogP contribution >= 0.6 is 15.9 Å². The highest BCUT2D eigenvalue weighted by Gasteiger charge is 2.16. The smallest absolute Gasteiger partial charge is 0.318 e. The van der Waals surface area contributed by atoms with E-state index in [4.69, 9.17) is 10.5 Å². The summed E-state index contributed by atoms with van der Waals surface area (Å²) in [6, 6.07) is 6.20. The van der Waals surface area contributed by atoms with Crippen LogP contribution in [0.25, 0.3) is 0 Å². The molecule has 0 aromatic heterocycles. The van der Waals surface area contributed by atoms with Gasteiger partial charge in [-0.05, 0) is 35.0 Å². The van der Waals surface area contributed by atoms with E-state index in [1.165, 1.54) is 6.92 Å². The summed E-state index contributed by atoms with van der Waals surface area (Å²) >= 11 is 3.28. The fourth-order valence-electron chi connectivity index (χ4n) is 1.01. The van der Waals surface area contributed by atoms with Gasteiger partial charge in [-0.2, -0.15) is 0 Å². The van der Waals surface area contributed by atoms with Crippen molar-refractivity contribution in [2.24, 2.45) is 5.73 Å². The number of carbonyl (C=O) groups is 2. The Kier molecular flexibility index (Phi) is 4.30. The number of carbonyl (C=O) groups excluding carboxylic acids is 2. The summed E-state index contributed by atoms with van der Waals surface area (Å²) in [4.78, 5) is 21.8. The maximum atomic E-state index is 11.3. The van der Waals surface area contributed by atoms with E-state index in [1.54, 1.807) is 18.2 Å². The summed E-state index contributed by atoms with van der Waals surface area (Å²) in [6.45, 7) is 1.53. The van der Waals surface area contributed by atoms with Gasteiger partial charge in [0.1, 0.15) is 5.75 Å². The first-order valence-electron chi connectivity index (χ1n) is 4.52. The number of urea groups is 1. The van der Waals surface area contributed by atoms with Crippen molar-refractivity contribution < 1.29 is 14.3 Å². The third-order valence-corrected chi connectivity index (χ3v) is 2.41. The van der Waals surface area contributed by atoms with Gasteiger partial charge < -0.3 is 10.5 Å². The van der Waals surface area contributed by atoms with Gasteiger partial charge >= 0.3 is 6.03 Å². The Morgan fingerprint density at radius 3 is 2.62 bits per heavy atom. The summed E-state index contributed by atoms with van der Waals surface area (Å²) in [5.41, 5.74) is 4.82. The maximum absolute atomic E-state index is 11.3. The molecule has 0 spiro atoms. The molecule has 3 amide bonds. The number of benzene rings is 1. The number of halogens is 1. The van der Waals surface area contributed by atoms with Crippen LogP contribution in [0.4, 0.5) is 4.79 Å². The van der Waals surface area contributed by atoms with Gasteiger partial charge in [-0.25, -0.2) is 4.79 Å². The third-order valence-electron chi connectivity index (χ3n) is 1.76. The van der Waals surface area contributed by atoms with Crippen molar-refractivity contribution in [3.63, 3.8) is 0 Å². The fraction of sp³-hybridized carbons (Fsp3) is 0.200. The molecular weight excluding hydrogens is 276 g/mol. The lowest BCUT2D eigenvalue weighted by Crippen LogP contribution is -2.42. The van der Waals surface area contributed by atoms with E-state index in [-0.39, 0.29) is 0 Å². The zero-order valence-electron chi connectivity index (χ0n) is 8.57. The first kappa shape index (κ1) is 12.5. The number of imide groups is 1. The molecule has 1 rings (SSSR count). The molecule has 0 saturated carbocycles. The number of hydrogen-bond acceptors (Lipinski definition) is 3. The molecule has 1 aromatic carbocycles. The first-order valence-corrected chi connectivity index (χ1v) is 5.31. The Balaban J connectivity index is 2.64. The molecule has 0 saturated heterocycles. The van der Waals surface area contributed by atoms with E-state index in [9.17, 15) is 9.59 Å². The molecular formula is C10H11BrN2O3. The van der Waals surface area contributed by atoms with Crippen LogP contribution in [0, 0.1) is 0 Å². The maximum Gasteiger partial charge on any atom is 0.318 e. The predicted octanol–water partition coefficient (Wildman–Crippen LogP) is 1.41. The number of amides is 3. The highest BCUT2D eigenvalue weighted by Crippen LogP contribution is 2.24. The molecule has 0 radical (unpaired) electrons. The topological polar surface area (TPSA) is 81.4 Å². The van der Waals surface area contributed by atoms with Gasteiger partial charge in [0.05, 0.1) is 4.47 Å². The van der Waals surface area contributed by atoms with E-state index >= 15 is 0 Å². The second-order valence-corrected chi connectivity index (χ2v) is 3.90. The highest BCUT2D eigenvalue weighted by molar-refractivity contribution is 9.10. The molecule has 6 heteroatoms. The predicted molar refractivity (Wildman–Crippen MR) is 62.0 cm³/mol. The summed E-state index contributed by atoms with van der Waals surface area (Å²) in [5, 5.41) is 1.94. The highest BCUT2D eigenvalue weighted by atomic mass is 79.9. The lowest BCUT2D eigenvalue weighted by atomic mass is 10.3. The van der Waals surface area contributed by atoms with Crippen molar-refractivity contribution in [3.8, 4) is 5.75 Å². The Morgan fingerprint density at radius 1 is 1.44 bits per heavy atom.